The molecule has 0 radical (unpaired) electrons. The van der Waals surface area contributed by atoms with E-state index in [9.17, 15) is 9.59 Å². The molecule has 2 aliphatic rings. The van der Waals surface area contributed by atoms with Crippen LogP contribution >= 0.6 is 0 Å². The summed E-state index contributed by atoms with van der Waals surface area (Å²) in [4.78, 5) is 25.7. The highest BCUT2D eigenvalue weighted by Crippen LogP contribution is 2.18. The zero-order valence-corrected chi connectivity index (χ0v) is 7.52. The van der Waals surface area contributed by atoms with E-state index in [1.54, 1.807) is 4.90 Å². The molecular weight excluding hydrogens is 172 g/mol. The van der Waals surface area contributed by atoms with Gasteiger partial charge in [0.05, 0.1) is 25.7 Å². The molecule has 0 aromatic carbocycles. The lowest BCUT2D eigenvalue weighted by Crippen LogP contribution is -2.59. The number of amides is 3. The first-order valence-corrected chi connectivity index (χ1v) is 4.35. The Hall–Kier alpha value is -1.10. The van der Waals surface area contributed by atoms with Crippen molar-refractivity contribution in [2.45, 2.75) is 12.5 Å². The number of imide groups is 1. The predicted octanol–water partition coefficient (Wildman–Crippen LogP) is -0.331. The highest BCUT2D eigenvalue weighted by Gasteiger charge is 2.38. The Bertz CT molecular complexity index is 254. The average molecular weight is 184 g/mol. The van der Waals surface area contributed by atoms with Crippen LogP contribution in [-0.4, -0.2) is 54.6 Å². The summed E-state index contributed by atoms with van der Waals surface area (Å²) in [5, 5.41) is 0. The second-order valence-corrected chi connectivity index (χ2v) is 3.36. The molecule has 5 nitrogen and oxygen atoms in total. The number of urea groups is 1. The second kappa shape index (κ2) is 2.99. The number of rotatable bonds is 0. The summed E-state index contributed by atoms with van der Waals surface area (Å²) >= 11 is 0. The number of carbonyl (C=O) groups excluding carboxylic acids is 2. The molecule has 2 rings (SSSR count). The van der Waals surface area contributed by atoms with E-state index in [0.29, 0.717) is 26.2 Å². The number of carbonyl (C=O) groups is 2. The molecule has 0 aliphatic carbocycles. The van der Waals surface area contributed by atoms with Gasteiger partial charge >= 0.3 is 6.03 Å². The Labute approximate surface area is 76.2 Å². The molecule has 2 fully saturated rings. The quantitative estimate of drug-likeness (QED) is 0.518. The number of nitrogens with zero attached hydrogens (tertiary/aromatic N) is 2. The maximum Gasteiger partial charge on any atom is 0.326 e. The molecule has 0 aromatic heterocycles. The van der Waals surface area contributed by atoms with Crippen molar-refractivity contribution >= 4 is 11.9 Å². The van der Waals surface area contributed by atoms with Gasteiger partial charge in [-0.2, -0.15) is 0 Å². The number of morpholine rings is 1. The summed E-state index contributed by atoms with van der Waals surface area (Å²) in [5.74, 6) is -0.114. The van der Waals surface area contributed by atoms with Crippen LogP contribution in [0.2, 0.25) is 0 Å². The normalized spacial score (nSPS) is 29.2. The van der Waals surface area contributed by atoms with E-state index >= 15 is 0 Å². The molecule has 72 valence electrons. The first kappa shape index (κ1) is 8.50. The smallest absolute Gasteiger partial charge is 0.326 e. The molecular formula is C8H12N2O3. The van der Waals surface area contributed by atoms with Crippen LogP contribution in [0.4, 0.5) is 4.79 Å². The van der Waals surface area contributed by atoms with Gasteiger partial charge < -0.3 is 9.64 Å². The first-order chi connectivity index (χ1) is 6.20. The average Bonchev–Trinajstić information content (AvgIpc) is 2.15. The third-order valence-corrected chi connectivity index (χ3v) is 2.54. The Morgan fingerprint density at radius 1 is 1.46 bits per heavy atom. The van der Waals surface area contributed by atoms with Crippen LogP contribution in [0, 0.1) is 0 Å². The zero-order valence-electron chi connectivity index (χ0n) is 7.52. The van der Waals surface area contributed by atoms with Gasteiger partial charge in [-0.1, -0.05) is 0 Å². The van der Waals surface area contributed by atoms with Gasteiger partial charge in [0.15, 0.2) is 0 Å². The number of fused-ring (bicyclic) bond motifs is 1. The van der Waals surface area contributed by atoms with Gasteiger partial charge in [-0.25, -0.2) is 4.79 Å². The summed E-state index contributed by atoms with van der Waals surface area (Å²) in [6, 6.07) is -0.227. The van der Waals surface area contributed by atoms with E-state index in [1.807, 2.05) is 0 Å². The summed E-state index contributed by atoms with van der Waals surface area (Å²) in [6.07, 6.45) is 0.391. The van der Waals surface area contributed by atoms with E-state index in [2.05, 4.69) is 0 Å². The lowest BCUT2D eigenvalue weighted by molar-refractivity contribution is -0.134. The Balaban J connectivity index is 2.17. The van der Waals surface area contributed by atoms with Crippen LogP contribution in [0.25, 0.3) is 0 Å². The summed E-state index contributed by atoms with van der Waals surface area (Å²) in [7, 11) is 1.52. The zero-order chi connectivity index (χ0) is 9.42. The number of hydrogen-bond acceptors (Lipinski definition) is 3. The molecule has 0 N–H and O–H groups in total. The fourth-order valence-corrected chi connectivity index (χ4v) is 1.71. The van der Waals surface area contributed by atoms with Crippen molar-refractivity contribution in [3.05, 3.63) is 0 Å². The molecule has 2 aliphatic heterocycles. The Morgan fingerprint density at radius 2 is 2.23 bits per heavy atom. The molecule has 13 heavy (non-hydrogen) atoms. The highest BCUT2D eigenvalue weighted by molar-refractivity contribution is 5.97. The van der Waals surface area contributed by atoms with E-state index in [-0.39, 0.29) is 18.0 Å². The van der Waals surface area contributed by atoms with E-state index in [4.69, 9.17) is 4.74 Å². The monoisotopic (exact) mass is 184 g/mol. The molecule has 0 unspecified atom stereocenters. The fourth-order valence-electron chi connectivity index (χ4n) is 1.71. The molecule has 0 aromatic rings. The van der Waals surface area contributed by atoms with Crippen molar-refractivity contribution in [2.75, 3.05) is 26.8 Å². The second-order valence-electron chi connectivity index (χ2n) is 3.36. The topological polar surface area (TPSA) is 49.9 Å². The maximum atomic E-state index is 11.5. The van der Waals surface area contributed by atoms with Crippen molar-refractivity contribution in [1.82, 2.24) is 9.80 Å². The minimum atomic E-state index is -0.190. The van der Waals surface area contributed by atoms with E-state index < -0.39 is 0 Å². The van der Waals surface area contributed by atoms with Gasteiger partial charge in [0.2, 0.25) is 5.91 Å². The maximum absolute atomic E-state index is 11.5. The number of ether oxygens (including phenoxy) is 1. The van der Waals surface area contributed by atoms with Gasteiger partial charge in [0.1, 0.15) is 0 Å². The van der Waals surface area contributed by atoms with Crippen LogP contribution in [0.3, 0.4) is 0 Å². The minimum Gasteiger partial charge on any atom is -0.377 e. The molecule has 0 saturated carbocycles. The lowest BCUT2D eigenvalue weighted by atomic mass is 10.1. The van der Waals surface area contributed by atoms with Crippen LogP contribution in [0.1, 0.15) is 6.42 Å². The van der Waals surface area contributed by atoms with E-state index in [0.717, 1.165) is 0 Å². The van der Waals surface area contributed by atoms with Crippen molar-refractivity contribution in [2.24, 2.45) is 0 Å². The number of hydrogen-bond donors (Lipinski definition) is 0. The fraction of sp³-hybridized carbons (Fsp3) is 0.750. The van der Waals surface area contributed by atoms with E-state index in [1.165, 1.54) is 11.9 Å². The molecule has 0 bridgehead atoms. The minimum absolute atomic E-state index is 0.0371. The largest absolute Gasteiger partial charge is 0.377 e. The standard InChI is InChI=1S/C8H12N2O3/c1-9-7(11)4-6-5-13-3-2-10(6)8(9)12/h6H,2-5H2,1H3/t6-/m1/s1. The third kappa shape index (κ3) is 1.29. The molecule has 2 saturated heterocycles. The molecule has 2 heterocycles. The first-order valence-electron chi connectivity index (χ1n) is 4.35. The molecule has 5 heteroatoms. The molecule has 0 spiro atoms. The SMILES string of the molecule is CN1C(=O)C[C@@H]2COCCN2C1=O. The molecule has 1 atom stereocenters. The van der Waals surface area contributed by atoms with Crippen molar-refractivity contribution in [1.29, 1.82) is 0 Å². The van der Waals surface area contributed by atoms with Crippen LogP contribution in [0.15, 0.2) is 0 Å². The third-order valence-electron chi connectivity index (χ3n) is 2.54. The van der Waals surface area contributed by atoms with Crippen molar-refractivity contribution in [3.8, 4) is 0 Å². The van der Waals surface area contributed by atoms with Crippen molar-refractivity contribution < 1.29 is 14.3 Å². The summed E-state index contributed by atoms with van der Waals surface area (Å²) < 4.78 is 5.21. The molecule has 3 amide bonds. The van der Waals surface area contributed by atoms with Crippen LogP contribution in [-0.2, 0) is 9.53 Å². The van der Waals surface area contributed by atoms with Gasteiger partial charge in [-0.3, -0.25) is 9.69 Å². The van der Waals surface area contributed by atoms with Gasteiger partial charge in [-0.05, 0) is 0 Å². The highest BCUT2D eigenvalue weighted by atomic mass is 16.5. The Kier molecular flexibility index (Phi) is 1.95. The van der Waals surface area contributed by atoms with Gasteiger partial charge in [0, 0.05) is 13.6 Å². The van der Waals surface area contributed by atoms with Gasteiger partial charge in [-0.15, -0.1) is 0 Å². The summed E-state index contributed by atoms with van der Waals surface area (Å²) in [5.41, 5.74) is 0. The van der Waals surface area contributed by atoms with Crippen molar-refractivity contribution in [3.63, 3.8) is 0 Å². The predicted molar refractivity (Wildman–Crippen MR) is 44.1 cm³/mol. The Morgan fingerprint density at radius 3 is 3.00 bits per heavy atom. The van der Waals surface area contributed by atoms with Gasteiger partial charge in [0.25, 0.3) is 0 Å². The van der Waals surface area contributed by atoms with Crippen LogP contribution in [0.5, 0.6) is 0 Å². The lowest BCUT2D eigenvalue weighted by Gasteiger charge is -2.41. The van der Waals surface area contributed by atoms with Crippen LogP contribution < -0.4 is 0 Å². The summed E-state index contributed by atoms with van der Waals surface area (Å²) in [6.45, 7) is 1.66.